The molecule has 1 heterocycles. The Labute approximate surface area is 172 Å². The molecule has 0 amide bonds. The summed E-state index contributed by atoms with van der Waals surface area (Å²) in [6, 6.07) is 11.1. The molecule has 0 aliphatic carbocycles. The highest BCUT2D eigenvalue weighted by Crippen LogP contribution is 2.41. The Balaban J connectivity index is 2.18. The van der Waals surface area contributed by atoms with E-state index in [0.717, 1.165) is 5.56 Å². The first kappa shape index (κ1) is 20.8. The Kier molecular flexibility index (Phi) is 6.01. The summed E-state index contributed by atoms with van der Waals surface area (Å²) in [5, 5.41) is 24.7. The summed E-state index contributed by atoms with van der Waals surface area (Å²) >= 11 is 0. The second kappa shape index (κ2) is 8.64. The fraction of sp³-hybridized carbons (Fsp3) is 0.238. The molecular formula is C21H21N3O6. The molecular weight excluding hydrogens is 390 g/mol. The first-order valence-corrected chi connectivity index (χ1v) is 9.21. The Morgan fingerprint density at radius 1 is 1.30 bits per heavy atom. The van der Waals surface area contributed by atoms with Crippen molar-refractivity contribution < 1.29 is 24.3 Å². The van der Waals surface area contributed by atoms with Gasteiger partial charge < -0.3 is 19.9 Å². The van der Waals surface area contributed by atoms with E-state index in [-0.39, 0.29) is 17.9 Å². The van der Waals surface area contributed by atoms with E-state index >= 15 is 0 Å². The minimum Gasteiger partial charge on any atom is -0.500 e. The van der Waals surface area contributed by atoms with Crippen molar-refractivity contribution in [3.63, 3.8) is 0 Å². The molecule has 3 rings (SSSR count). The summed E-state index contributed by atoms with van der Waals surface area (Å²) in [7, 11) is 1.29. The van der Waals surface area contributed by atoms with E-state index in [1.807, 2.05) is 30.3 Å². The third-order valence-electron chi connectivity index (χ3n) is 4.61. The van der Waals surface area contributed by atoms with Gasteiger partial charge in [0.1, 0.15) is 5.84 Å². The summed E-state index contributed by atoms with van der Waals surface area (Å²) in [5.74, 6) is -0.748. The Morgan fingerprint density at radius 3 is 2.60 bits per heavy atom. The molecule has 1 aliphatic heterocycles. The number of methoxy groups -OCH3 is 1. The molecule has 0 spiro atoms. The highest BCUT2D eigenvalue weighted by molar-refractivity contribution is 6.03. The number of nitro groups is 1. The van der Waals surface area contributed by atoms with Crippen LogP contribution >= 0.6 is 0 Å². The van der Waals surface area contributed by atoms with Gasteiger partial charge in [0.15, 0.2) is 5.75 Å². The molecule has 2 aromatic rings. The lowest BCUT2D eigenvalue weighted by Gasteiger charge is -2.28. The van der Waals surface area contributed by atoms with Gasteiger partial charge in [-0.1, -0.05) is 30.3 Å². The Hall–Kier alpha value is -3.88. The van der Waals surface area contributed by atoms with Crippen LogP contribution in [0.4, 0.5) is 5.69 Å². The minimum absolute atomic E-state index is 0.0781. The fourth-order valence-corrected chi connectivity index (χ4v) is 3.22. The van der Waals surface area contributed by atoms with E-state index in [1.54, 1.807) is 13.8 Å². The van der Waals surface area contributed by atoms with Gasteiger partial charge in [-0.25, -0.2) is 9.79 Å². The second-order valence-corrected chi connectivity index (χ2v) is 6.47. The van der Waals surface area contributed by atoms with Gasteiger partial charge >= 0.3 is 11.7 Å². The molecule has 9 nitrogen and oxygen atoms in total. The summed E-state index contributed by atoms with van der Waals surface area (Å²) in [6.45, 7) is 3.53. The quantitative estimate of drug-likeness (QED) is 0.425. The molecule has 156 valence electrons. The third-order valence-corrected chi connectivity index (χ3v) is 4.61. The van der Waals surface area contributed by atoms with Crippen molar-refractivity contribution >= 4 is 17.5 Å². The topological polar surface area (TPSA) is 123 Å². The van der Waals surface area contributed by atoms with Crippen LogP contribution in [0.25, 0.3) is 0 Å². The maximum atomic E-state index is 12.7. The molecule has 1 unspecified atom stereocenters. The number of carbonyl (C=O) groups excluding carboxylic acids is 1. The van der Waals surface area contributed by atoms with Gasteiger partial charge in [0, 0.05) is 11.6 Å². The molecule has 0 saturated heterocycles. The number of rotatable bonds is 6. The summed E-state index contributed by atoms with van der Waals surface area (Å²) in [5.41, 5.74) is 1.24. The SMILES string of the molecule is CCOC(=O)C1=C(C)N=C(c2ccccc2)NC1c1cc(OC)c(O)c([N+](=O)[O-])c1. The van der Waals surface area contributed by atoms with Crippen molar-refractivity contribution in [3.8, 4) is 11.5 Å². The second-order valence-electron chi connectivity index (χ2n) is 6.47. The number of amidine groups is 1. The summed E-state index contributed by atoms with van der Waals surface area (Å²) < 4.78 is 10.3. The molecule has 1 atom stereocenters. The number of benzene rings is 2. The number of ether oxygens (including phenoxy) is 2. The van der Waals surface area contributed by atoms with Crippen molar-refractivity contribution in [2.24, 2.45) is 4.99 Å². The first-order chi connectivity index (χ1) is 14.4. The number of phenols is 1. The van der Waals surface area contributed by atoms with E-state index in [9.17, 15) is 20.0 Å². The van der Waals surface area contributed by atoms with E-state index in [4.69, 9.17) is 9.47 Å². The lowest BCUT2D eigenvalue weighted by Crippen LogP contribution is -2.36. The number of esters is 1. The predicted octanol–water partition coefficient (Wildman–Crippen LogP) is 3.24. The molecule has 9 heteroatoms. The van der Waals surface area contributed by atoms with Crippen molar-refractivity contribution in [2.75, 3.05) is 13.7 Å². The number of carbonyl (C=O) groups is 1. The van der Waals surface area contributed by atoms with Gasteiger partial charge in [0.05, 0.1) is 36.0 Å². The lowest BCUT2D eigenvalue weighted by atomic mass is 9.94. The van der Waals surface area contributed by atoms with Crippen LogP contribution in [0.2, 0.25) is 0 Å². The van der Waals surface area contributed by atoms with Crippen LogP contribution in [-0.2, 0) is 9.53 Å². The lowest BCUT2D eigenvalue weighted by molar-refractivity contribution is -0.386. The van der Waals surface area contributed by atoms with E-state index < -0.39 is 28.4 Å². The van der Waals surface area contributed by atoms with Crippen LogP contribution in [-0.4, -0.2) is 35.6 Å². The normalized spacial score (nSPS) is 15.8. The molecule has 0 fully saturated rings. The molecule has 2 aromatic carbocycles. The van der Waals surface area contributed by atoms with E-state index in [0.29, 0.717) is 17.1 Å². The van der Waals surface area contributed by atoms with Crippen molar-refractivity contribution in [1.82, 2.24) is 5.32 Å². The number of hydrogen-bond donors (Lipinski definition) is 2. The van der Waals surface area contributed by atoms with Gasteiger partial charge in [-0.2, -0.15) is 0 Å². The molecule has 30 heavy (non-hydrogen) atoms. The third kappa shape index (κ3) is 3.95. The number of aliphatic imine (C=N–C) groups is 1. The maximum Gasteiger partial charge on any atom is 0.338 e. The van der Waals surface area contributed by atoms with Crippen LogP contribution in [0.3, 0.4) is 0 Å². The van der Waals surface area contributed by atoms with E-state index in [1.165, 1.54) is 19.2 Å². The van der Waals surface area contributed by atoms with Crippen LogP contribution in [0.15, 0.2) is 58.7 Å². The summed E-state index contributed by atoms with van der Waals surface area (Å²) in [4.78, 5) is 27.9. The standard InChI is InChI=1S/C21H21N3O6/c1-4-30-21(26)17-12(2)22-20(13-8-6-5-7-9-13)23-18(17)14-10-15(24(27)28)19(25)16(11-14)29-3/h5-11,18,25H,4H2,1-3H3,(H,22,23). The van der Waals surface area contributed by atoms with Gasteiger partial charge in [-0.3, -0.25) is 10.1 Å². The van der Waals surface area contributed by atoms with Gasteiger partial charge in [0.2, 0.25) is 5.75 Å². The maximum absolute atomic E-state index is 12.7. The molecule has 2 N–H and O–H groups in total. The Bertz CT molecular complexity index is 1050. The van der Waals surface area contributed by atoms with Crippen molar-refractivity contribution in [1.29, 1.82) is 0 Å². The van der Waals surface area contributed by atoms with Crippen molar-refractivity contribution in [3.05, 3.63) is 75.0 Å². The minimum atomic E-state index is -0.801. The number of allylic oxidation sites excluding steroid dienone is 1. The monoisotopic (exact) mass is 411 g/mol. The summed E-state index contributed by atoms with van der Waals surface area (Å²) in [6.07, 6.45) is 0. The number of nitro benzene ring substituents is 1. The average Bonchev–Trinajstić information content (AvgIpc) is 2.73. The van der Waals surface area contributed by atoms with E-state index in [2.05, 4.69) is 10.3 Å². The van der Waals surface area contributed by atoms with Crippen molar-refractivity contribution in [2.45, 2.75) is 19.9 Å². The molecule has 0 radical (unpaired) electrons. The molecule has 0 saturated carbocycles. The van der Waals surface area contributed by atoms with Gasteiger partial charge in [0.25, 0.3) is 0 Å². The first-order valence-electron chi connectivity index (χ1n) is 9.21. The molecule has 0 bridgehead atoms. The fourth-order valence-electron chi connectivity index (χ4n) is 3.22. The highest BCUT2D eigenvalue weighted by atomic mass is 16.6. The molecule has 1 aliphatic rings. The number of nitrogens with zero attached hydrogens (tertiary/aromatic N) is 2. The highest BCUT2D eigenvalue weighted by Gasteiger charge is 2.33. The van der Waals surface area contributed by atoms with Crippen LogP contribution in [0, 0.1) is 10.1 Å². The largest absolute Gasteiger partial charge is 0.500 e. The zero-order valence-corrected chi connectivity index (χ0v) is 16.7. The van der Waals surface area contributed by atoms with Crippen LogP contribution < -0.4 is 10.1 Å². The van der Waals surface area contributed by atoms with Gasteiger partial charge in [-0.05, 0) is 25.5 Å². The number of nitrogens with one attached hydrogen (secondary N) is 1. The van der Waals surface area contributed by atoms with Crippen LogP contribution in [0.1, 0.15) is 31.0 Å². The smallest absolute Gasteiger partial charge is 0.338 e. The number of aromatic hydroxyl groups is 1. The average molecular weight is 411 g/mol. The zero-order valence-electron chi connectivity index (χ0n) is 16.7. The molecule has 0 aromatic heterocycles. The Morgan fingerprint density at radius 2 is 2.00 bits per heavy atom. The number of hydrogen-bond acceptors (Lipinski definition) is 8. The van der Waals surface area contributed by atoms with Crippen LogP contribution in [0.5, 0.6) is 11.5 Å². The predicted molar refractivity (Wildman–Crippen MR) is 110 cm³/mol. The number of phenolic OH excluding ortho intramolecular Hbond substituents is 1. The van der Waals surface area contributed by atoms with Gasteiger partial charge in [-0.15, -0.1) is 0 Å². The zero-order chi connectivity index (χ0) is 21.8.